The van der Waals surface area contributed by atoms with Gasteiger partial charge in [0.15, 0.2) is 0 Å². The van der Waals surface area contributed by atoms with E-state index in [0.29, 0.717) is 18.7 Å². The topological polar surface area (TPSA) is 64.1 Å². The number of amides is 1. The van der Waals surface area contributed by atoms with Gasteiger partial charge < -0.3 is 10.1 Å². The molecule has 0 unspecified atom stereocenters. The molecule has 3 rings (SSSR count). The van der Waals surface area contributed by atoms with Crippen LogP contribution in [0, 0.1) is 0 Å². The Hall–Kier alpha value is -2.79. The SMILES string of the molecule is COCCCNC(=O)c1cc(-c2ccncc2)nc2ccccc12. The second-order valence-corrected chi connectivity index (χ2v) is 5.41. The molecule has 2 heterocycles. The minimum Gasteiger partial charge on any atom is -0.385 e. The fraction of sp³-hybridized carbons (Fsp3) is 0.211. The summed E-state index contributed by atoms with van der Waals surface area (Å²) in [5, 5.41) is 3.79. The summed E-state index contributed by atoms with van der Waals surface area (Å²) in [7, 11) is 1.65. The van der Waals surface area contributed by atoms with Crippen molar-refractivity contribution in [3.8, 4) is 11.3 Å². The summed E-state index contributed by atoms with van der Waals surface area (Å²) in [6.07, 6.45) is 4.22. The van der Waals surface area contributed by atoms with Crippen molar-refractivity contribution in [1.29, 1.82) is 0 Å². The first kappa shape index (κ1) is 16.1. The molecular formula is C19H19N3O2. The smallest absolute Gasteiger partial charge is 0.252 e. The van der Waals surface area contributed by atoms with Gasteiger partial charge in [0.2, 0.25) is 0 Å². The fourth-order valence-electron chi connectivity index (χ4n) is 2.55. The number of fused-ring (bicyclic) bond motifs is 1. The molecule has 1 amide bonds. The number of benzene rings is 1. The zero-order valence-electron chi connectivity index (χ0n) is 13.5. The summed E-state index contributed by atoms with van der Waals surface area (Å²) in [4.78, 5) is 21.3. The first-order chi connectivity index (χ1) is 11.8. The summed E-state index contributed by atoms with van der Waals surface area (Å²) in [5.41, 5.74) is 3.13. The molecule has 5 nitrogen and oxygen atoms in total. The number of para-hydroxylation sites is 1. The number of hydrogen-bond acceptors (Lipinski definition) is 4. The monoisotopic (exact) mass is 321 g/mol. The van der Waals surface area contributed by atoms with E-state index in [-0.39, 0.29) is 5.91 Å². The van der Waals surface area contributed by atoms with Gasteiger partial charge in [-0.15, -0.1) is 0 Å². The van der Waals surface area contributed by atoms with Gasteiger partial charge in [-0.05, 0) is 30.7 Å². The quantitative estimate of drug-likeness (QED) is 0.709. The molecule has 122 valence electrons. The van der Waals surface area contributed by atoms with Gasteiger partial charge in [-0.2, -0.15) is 0 Å². The van der Waals surface area contributed by atoms with E-state index in [4.69, 9.17) is 4.74 Å². The van der Waals surface area contributed by atoms with Crippen molar-refractivity contribution in [3.05, 3.63) is 60.4 Å². The normalized spacial score (nSPS) is 10.7. The lowest BCUT2D eigenvalue weighted by Crippen LogP contribution is -2.25. The highest BCUT2D eigenvalue weighted by molar-refractivity contribution is 6.07. The maximum atomic E-state index is 12.6. The molecule has 0 fully saturated rings. The molecule has 24 heavy (non-hydrogen) atoms. The lowest BCUT2D eigenvalue weighted by atomic mass is 10.0. The van der Waals surface area contributed by atoms with Gasteiger partial charge in [-0.1, -0.05) is 18.2 Å². The molecule has 0 aliphatic rings. The van der Waals surface area contributed by atoms with Crippen LogP contribution in [0.2, 0.25) is 0 Å². The molecule has 0 spiro atoms. The summed E-state index contributed by atoms with van der Waals surface area (Å²) in [6.45, 7) is 1.20. The standard InChI is InChI=1S/C19H19N3O2/c1-24-12-4-9-21-19(23)16-13-18(14-7-10-20-11-8-14)22-17-6-3-2-5-15(16)17/h2-3,5-8,10-11,13H,4,9,12H2,1H3,(H,21,23). The van der Waals surface area contributed by atoms with Crippen LogP contribution < -0.4 is 5.32 Å². The third-order valence-corrected chi connectivity index (χ3v) is 3.75. The Labute approximate surface area is 140 Å². The van der Waals surface area contributed by atoms with E-state index < -0.39 is 0 Å². The average molecular weight is 321 g/mol. The average Bonchev–Trinajstić information content (AvgIpc) is 2.65. The molecule has 0 aliphatic carbocycles. The van der Waals surface area contributed by atoms with Gasteiger partial charge in [0, 0.05) is 43.6 Å². The van der Waals surface area contributed by atoms with E-state index in [1.54, 1.807) is 19.5 Å². The van der Waals surface area contributed by atoms with E-state index in [0.717, 1.165) is 28.6 Å². The molecule has 0 aliphatic heterocycles. The lowest BCUT2D eigenvalue weighted by Gasteiger charge is -2.10. The summed E-state index contributed by atoms with van der Waals surface area (Å²) in [5.74, 6) is -0.0972. The minimum absolute atomic E-state index is 0.0972. The van der Waals surface area contributed by atoms with Crippen molar-refractivity contribution in [2.75, 3.05) is 20.3 Å². The number of pyridine rings is 2. The number of carbonyl (C=O) groups is 1. The van der Waals surface area contributed by atoms with Gasteiger partial charge in [0.25, 0.3) is 5.91 Å². The third-order valence-electron chi connectivity index (χ3n) is 3.75. The van der Waals surface area contributed by atoms with Crippen LogP contribution in [0.4, 0.5) is 0 Å². The van der Waals surface area contributed by atoms with E-state index in [1.165, 1.54) is 0 Å². The fourth-order valence-corrected chi connectivity index (χ4v) is 2.55. The predicted octanol–water partition coefficient (Wildman–Crippen LogP) is 3.06. The predicted molar refractivity (Wildman–Crippen MR) is 93.8 cm³/mol. The number of aromatic nitrogens is 2. The highest BCUT2D eigenvalue weighted by Crippen LogP contribution is 2.24. The van der Waals surface area contributed by atoms with E-state index in [9.17, 15) is 4.79 Å². The van der Waals surface area contributed by atoms with Crippen molar-refractivity contribution in [2.24, 2.45) is 0 Å². The van der Waals surface area contributed by atoms with E-state index in [2.05, 4.69) is 15.3 Å². The Bertz CT molecular complexity index is 834. The number of nitrogens with zero attached hydrogens (tertiary/aromatic N) is 2. The highest BCUT2D eigenvalue weighted by Gasteiger charge is 2.13. The zero-order valence-corrected chi connectivity index (χ0v) is 13.5. The van der Waals surface area contributed by atoms with Crippen LogP contribution in [0.3, 0.4) is 0 Å². The third kappa shape index (κ3) is 3.58. The van der Waals surface area contributed by atoms with Crippen molar-refractivity contribution in [3.63, 3.8) is 0 Å². The van der Waals surface area contributed by atoms with Crippen LogP contribution in [0.15, 0.2) is 54.9 Å². The zero-order chi connectivity index (χ0) is 16.8. The first-order valence-electron chi connectivity index (χ1n) is 7.87. The van der Waals surface area contributed by atoms with Crippen molar-refractivity contribution in [1.82, 2.24) is 15.3 Å². The van der Waals surface area contributed by atoms with Gasteiger partial charge in [-0.25, -0.2) is 4.98 Å². The van der Waals surface area contributed by atoms with Crippen molar-refractivity contribution >= 4 is 16.8 Å². The molecule has 0 radical (unpaired) electrons. The summed E-state index contributed by atoms with van der Waals surface area (Å²) < 4.78 is 5.01. The second-order valence-electron chi connectivity index (χ2n) is 5.41. The maximum Gasteiger partial charge on any atom is 0.252 e. The first-order valence-corrected chi connectivity index (χ1v) is 7.87. The Morgan fingerprint density at radius 1 is 1.17 bits per heavy atom. The minimum atomic E-state index is -0.0972. The van der Waals surface area contributed by atoms with Gasteiger partial charge in [-0.3, -0.25) is 9.78 Å². The molecule has 1 aromatic carbocycles. The second kappa shape index (κ2) is 7.66. The number of ether oxygens (including phenoxy) is 1. The molecule has 5 heteroatoms. The van der Waals surface area contributed by atoms with Crippen LogP contribution in [-0.4, -0.2) is 36.1 Å². The number of hydrogen-bond donors (Lipinski definition) is 1. The van der Waals surface area contributed by atoms with Gasteiger partial charge in [0.1, 0.15) is 0 Å². The van der Waals surface area contributed by atoms with Gasteiger partial charge >= 0.3 is 0 Å². The van der Waals surface area contributed by atoms with Gasteiger partial charge in [0.05, 0.1) is 16.8 Å². The molecule has 0 atom stereocenters. The Morgan fingerprint density at radius 3 is 2.75 bits per heavy atom. The molecular weight excluding hydrogens is 302 g/mol. The van der Waals surface area contributed by atoms with E-state index >= 15 is 0 Å². The van der Waals surface area contributed by atoms with Crippen LogP contribution >= 0.6 is 0 Å². The molecule has 3 aromatic rings. The van der Waals surface area contributed by atoms with Crippen LogP contribution in [-0.2, 0) is 4.74 Å². The van der Waals surface area contributed by atoms with Crippen molar-refractivity contribution in [2.45, 2.75) is 6.42 Å². The summed E-state index contributed by atoms with van der Waals surface area (Å²) >= 11 is 0. The van der Waals surface area contributed by atoms with Crippen LogP contribution in [0.5, 0.6) is 0 Å². The number of rotatable bonds is 6. The van der Waals surface area contributed by atoms with Crippen molar-refractivity contribution < 1.29 is 9.53 Å². The van der Waals surface area contributed by atoms with Crippen LogP contribution in [0.25, 0.3) is 22.2 Å². The highest BCUT2D eigenvalue weighted by atomic mass is 16.5. The Kier molecular flexibility index (Phi) is 5.13. The maximum absolute atomic E-state index is 12.6. The molecule has 0 saturated carbocycles. The molecule has 0 bridgehead atoms. The molecule has 1 N–H and O–H groups in total. The summed E-state index contributed by atoms with van der Waals surface area (Å²) in [6, 6.07) is 13.3. The Morgan fingerprint density at radius 2 is 1.96 bits per heavy atom. The largest absolute Gasteiger partial charge is 0.385 e. The molecule has 2 aromatic heterocycles. The number of carbonyl (C=O) groups excluding carboxylic acids is 1. The number of methoxy groups -OCH3 is 1. The number of nitrogens with one attached hydrogen (secondary N) is 1. The lowest BCUT2D eigenvalue weighted by molar-refractivity contribution is 0.0950. The van der Waals surface area contributed by atoms with E-state index in [1.807, 2.05) is 42.5 Å². The van der Waals surface area contributed by atoms with Crippen LogP contribution in [0.1, 0.15) is 16.8 Å². The molecule has 0 saturated heterocycles. The Balaban J connectivity index is 1.97.